The van der Waals surface area contributed by atoms with Crippen LogP contribution in [0.25, 0.3) is 0 Å². The molecule has 0 bridgehead atoms. The number of carbonyl (C=O) groups is 2. The summed E-state index contributed by atoms with van der Waals surface area (Å²) in [5.74, 6) is 1.43. The summed E-state index contributed by atoms with van der Waals surface area (Å²) in [7, 11) is 0. The van der Waals surface area contributed by atoms with Crippen molar-refractivity contribution in [1.29, 1.82) is 0 Å². The molecule has 2 fully saturated rings. The highest BCUT2D eigenvalue weighted by atomic mass is 16.4. The van der Waals surface area contributed by atoms with Crippen LogP contribution in [-0.4, -0.2) is 64.8 Å². The van der Waals surface area contributed by atoms with E-state index in [1.165, 1.54) is 0 Å². The maximum atomic E-state index is 12.2. The molecule has 9 nitrogen and oxygen atoms in total. The number of fused-ring (bicyclic) bond motifs is 1. The van der Waals surface area contributed by atoms with E-state index < -0.39 is 0 Å². The van der Waals surface area contributed by atoms with Gasteiger partial charge in [-0.05, 0) is 13.3 Å². The third kappa shape index (κ3) is 3.92. The van der Waals surface area contributed by atoms with Gasteiger partial charge in [-0.2, -0.15) is 0 Å². The predicted octanol–water partition coefficient (Wildman–Crippen LogP) is -0.00410. The van der Waals surface area contributed by atoms with E-state index in [4.69, 9.17) is 4.42 Å². The first-order valence-electron chi connectivity index (χ1n) is 8.88. The molecule has 0 saturated carbocycles. The Hall–Kier alpha value is -2.16. The van der Waals surface area contributed by atoms with Crippen LogP contribution in [0.5, 0.6) is 0 Å². The molecule has 9 heteroatoms. The lowest BCUT2D eigenvalue weighted by Gasteiger charge is -2.36. The molecule has 0 radical (unpaired) electrons. The molecule has 138 valence electrons. The van der Waals surface area contributed by atoms with Gasteiger partial charge in [0.1, 0.15) is 0 Å². The molecule has 2 saturated heterocycles. The van der Waals surface area contributed by atoms with Crippen LogP contribution < -0.4 is 16.0 Å². The minimum absolute atomic E-state index is 0.0184. The van der Waals surface area contributed by atoms with Gasteiger partial charge in [-0.1, -0.05) is 13.8 Å². The van der Waals surface area contributed by atoms with E-state index in [-0.39, 0.29) is 36.0 Å². The summed E-state index contributed by atoms with van der Waals surface area (Å²) in [5, 5.41) is 16.8. The zero-order valence-corrected chi connectivity index (χ0v) is 14.9. The van der Waals surface area contributed by atoms with Crippen molar-refractivity contribution in [3.05, 3.63) is 11.8 Å². The van der Waals surface area contributed by atoms with Gasteiger partial charge in [0.2, 0.25) is 17.7 Å². The highest BCUT2D eigenvalue weighted by Gasteiger charge is 2.44. The maximum absolute atomic E-state index is 12.2. The van der Waals surface area contributed by atoms with Gasteiger partial charge in [-0.15, -0.1) is 10.2 Å². The number of nitrogens with zero attached hydrogens (tertiary/aromatic N) is 3. The lowest BCUT2D eigenvalue weighted by Crippen LogP contribution is -2.58. The van der Waals surface area contributed by atoms with E-state index in [0.717, 1.165) is 0 Å². The van der Waals surface area contributed by atoms with Gasteiger partial charge >= 0.3 is 6.03 Å². The Kier molecular flexibility index (Phi) is 5.22. The van der Waals surface area contributed by atoms with Gasteiger partial charge in [-0.25, -0.2) is 4.79 Å². The molecule has 0 aromatic carbocycles. The van der Waals surface area contributed by atoms with Gasteiger partial charge in [0.05, 0.1) is 6.04 Å². The molecule has 2 aliphatic rings. The number of hydrogen-bond acceptors (Lipinski definition) is 6. The van der Waals surface area contributed by atoms with Crippen molar-refractivity contribution in [3.63, 3.8) is 0 Å². The van der Waals surface area contributed by atoms with Gasteiger partial charge in [0.25, 0.3) is 0 Å². The summed E-state index contributed by atoms with van der Waals surface area (Å²) in [6.07, 6.45) is 1.20. The standard InChI is InChI=1S/C16H26N6O3/c1-4-17-16(24)19-10-5-12-14(23)18-7-11(22(12)8-10)6-13-20-21-15(25-13)9(2)3/h9-12H,4-8H2,1-3H3,(H,18,23)(H2,17,19,24)/t10-,11+,12-/m0/s1. The number of rotatable bonds is 5. The fourth-order valence-corrected chi connectivity index (χ4v) is 3.45. The largest absolute Gasteiger partial charge is 0.425 e. The van der Waals surface area contributed by atoms with Crippen LogP contribution in [0.4, 0.5) is 4.79 Å². The molecule has 0 unspecified atom stereocenters. The van der Waals surface area contributed by atoms with Crippen molar-refractivity contribution in [3.8, 4) is 0 Å². The SMILES string of the molecule is CCNC(=O)N[C@H]1C[C@H]2C(=O)NC[C@@H](Cc3nnc(C(C)C)o3)N2C1. The molecule has 1 aromatic heterocycles. The molecular formula is C16H26N6O3. The average molecular weight is 350 g/mol. The van der Waals surface area contributed by atoms with Crippen LogP contribution in [0.1, 0.15) is 44.9 Å². The third-order valence-electron chi connectivity index (χ3n) is 4.68. The predicted molar refractivity (Wildman–Crippen MR) is 90.0 cm³/mol. The summed E-state index contributed by atoms with van der Waals surface area (Å²) in [6, 6.07) is -0.373. The first-order valence-corrected chi connectivity index (χ1v) is 8.88. The summed E-state index contributed by atoms with van der Waals surface area (Å²) < 4.78 is 5.71. The van der Waals surface area contributed by atoms with Crippen molar-refractivity contribution in [2.75, 3.05) is 19.6 Å². The van der Waals surface area contributed by atoms with Gasteiger partial charge in [0.15, 0.2) is 0 Å². The fraction of sp³-hybridized carbons (Fsp3) is 0.750. The first-order chi connectivity index (χ1) is 12.0. The zero-order valence-electron chi connectivity index (χ0n) is 14.9. The Morgan fingerprint density at radius 2 is 2.24 bits per heavy atom. The van der Waals surface area contributed by atoms with Crippen LogP contribution in [0.15, 0.2) is 4.42 Å². The summed E-state index contributed by atoms with van der Waals surface area (Å²) in [4.78, 5) is 26.1. The van der Waals surface area contributed by atoms with Crippen molar-refractivity contribution in [2.45, 2.75) is 57.7 Å². The molecule has 3 heterocycles. The molecule has 3 rings (SSSR count). The second kappa shape index (κ2) is 7.38. The average Bonchev–Trinajstić information content (AvgIpc) is 3.18. The molecule has 2 aliphatic heterocycles. The number of nitrogens with one attached hydrogen (secondary N) is 3. The Morgan fingerprint density at radius 1 is 1.44 bits per heavy atom. The second-order valence-electron chi connectivity index (χ2n) is 6.94. The number of carbonyl (C=O) groups excluding carboxylic acids is 2. The molecule has 0 aliphatic carbocycles. The second-order valence-corrected chi connectivity index (χ2v) is 6.94. The fourth-order valence-electron chi connectivity index (χ4n) is 3.45. The summed E-state index contributed by atoms with van der Waals surface area (Å²) in [5.41, 5.74) is 0. The molecule has 0 spiro atoms. The molecular weight excluding hydrogens is 324 g/mol. The molecule has 3 N–H and O–H groups in total. The smallest absolute Gasteiger partial charge is 0.315 e. The number of aromatic nitrogens is 2. The van der Waals surface area contributed by atoms with E-state index in [0.29, 0.717) is 44.3 Å². The third-order valence-corrected chi connectivity index (χ3v) is 4.68. The van der Waals surface area contributed by atoms with E-state index in [1.807, 2.05) is 20.8 Å². The van der Waals surface area contributed by atoms with Crippen LogP contribution in [0.3, 0.4) is 0 Å². The Labute approximate surface area is 146 Å². The van der Waals surface area contributed by atoms with Crippen molar-refractivity contribution in [2.24, 2.45) is 0 Å². The van der Waals surface area contributed by atoms with E-state index in [1.54, 1.807) is 0 Å². The highest BCUT2D eigenvalue weighted by molar-refractivity contribution is 5.83. The molecule has 3 atom stereocenters. The lowest BCUT2D eigenvalue weighted by molar-refractivity contribution is -0.129. The Morgan fingerprint density at radius 3 is 2.92 bits per heavy atom. The monoisotopic (exact) mass is 350 g/mol. The quantitative estimate of drug-likeness (QED) is 0.689. The van der Waals surface area contributed by atoms with Gasteiger partial charge < -0.3 is 20.4 Å². The first kappa shape index (κ1) is 17.7. The summed E-state index contributed by atoms with van der Waals surface area (Å²) >= 11 is 0. The highest BCUT2D eigenvalue weighted by Crippen LogP contribution is 2.25. The van der Waals surface area contributed by atoms with Crippen LogP contribution >= 0.6 is 0 Å². The number of piperazine rings is 1. The van der Waals surface area contributed by atoms with E-state index >= 15 is 0 Å². The number of amides is 3. The Balaban J connectivity index is 1.65. The minimum atomic E-state index is -0.224. The molecule has 3 amide bonds. The summed E-state index contributed by atoms with van der Waals surface area (Å²) in [6.45, 7) is 7.65. The maximum Gasteiger partial charge on any atom is 0.315 e. The Bertz CT molecular complexity index is 631. The van der Waals surface area contributed by atoms with Crippen LogP contribution in [0, 0.1) is 0 Å². The molecule has 25 heavy (non-hydrogen) atoms. The van der Waals surface area contributed by atoms with Crippen molar-refractivity contribution in [1.82, 2.24) is 31.0 Å². The van der Waals surface area contributed by atoms with Crippen LogP contribution in [-0.2, 0) is 11.2 Å². The van der Waals surface area contributed by atoms with Gasteiger partial charge in [-0.3, -0.25) is 9.69 Å². The van der Waals surface area contributed by atoms with E-state index in [2.05, 4.69) is 31.0 Å². The lowest BCUT2D eigenvalue weighted by atomic mass is 10.1. The van der Waals surface area contributed by atoms with Crippen molar-refractivity contribution >= 4 is 11.9 Å². The van der Waals surface area contributed by atoms with Crippen LogP contribution in [0.2, 0.25) is 0 Å². The number of hydrogen-bond donors (Lipinski definition) is 3. The van der Waals surface area contributed by atoms with E-state index in [9.17, 15) is 9.59 Å². The molecule has 1 aromatic rings. The topological polar surface area (TPSA) is 112 Å². The van der Waals surface area contributed by atoms with Crippen molar-refractivity contribution < 1.29 is 14.0 Å². The zero-order chi connectivity index (χ0) is 18.0. The normalized spacial score (nSPS) is 26.4. The minimum Gasteiger partial charge on any atom is -0.425 e. The number of urea groups is 1. The van der Waals surface area contributed by atoms with Gasteiger partial charge in [0, 0.05) is 44.1 Å².